The van der Waals surface area contributed by atoms with Gasteiger partial charge in [-0.15, -0.1) is 0 Å². The topological polar surface area (TPSA) is 65.7 Å². The quantitative estimate of drug-likeness (QED) is 0.245. The maximum Gasteiger partial charge on any atom is 0.210 e. The van der Waals surface area contributed by atoms with E-state index in [0.29, 0.717) is 5.96 Å². The van der Waals surface area contributed by atoms with Crippen molar-refractivity contribution in [3.05, 3.63) is 24.3 Å². The molecule has 1 aromatic rings. The van der Waals surface area contributed by atoms with Crippen molar-refractivity contribution >= 4 is 17.3 Å². The van der Waals surface area contributed by atoms with Gasteiger partial charge in [-0.05, 0) is 24.6 Å². The molecule has 0 aromatic heterocycles. The van der Waals surface area contributed by atoms with E-state index in [1.54, 1.807) is 0 Å². The Balaban J connectivity index is 2.69. The van der Waals surface area contributed by atoms with Gasteiger partial charge in [0.2, 0.25) is 5.96 Å². The molecule has 0 bridgehead atoms. The summed E-state index contributed by atoms with van der Waals surface area (Å²) in [6.45, 7) is 2.91. The number of hydrazine groups is 1. The maximum atomic E-state index is 5.45. The third-order valence-electron chi connectivity index (χ3n) is 2.54. The molecule has 0 saturated heterocycles. The molecule has 0 heterocycles. The fourth-order valence-electron chi connectivity index (χ4n) is 1.47. The molecule has 5 nitrogen and oxygen atoms in total. The summed E-state index contributed by atoms with van der Waals surface area (Å²) >= 11 is 0. The van der Waals surface area contributed by atoms with Gasteiger partial charge in [0.1, 0.15) is 0 Å². The van der Waals surface area contributed by atoms with E-state index >= 15 is 0 Å². The molecule has 0 amide bonds. The maximum absolute atomic E-state index is 5.45. The van der Waals surface area contributed by atoms with Gasteiger partial charge in [-0.25, -0.2) is 5.84 Å². The molecule has 18 heavy (non-hydrogen) atoms. The molecule has 4 N–H and O–H groups in total. The van der Waals surface area contributed by atoms with Crippen molar-refractivity contribution in [3.8, 4) is 0 Å². The summed E-state index contributed by atoms with van der Waals surface area (Å²) in [4.78, 5) is 6.41. The normalized spacial score (nSPS) is 11.2. The van der Waals surface area contributed by atoms with Crippen LogP contribution in [0.4, 0.5) is 11.4 Å². The van der Waals surface area contributed by atoms with E-state index in [0.717, 1.165) is 30.8 Å². The molecule has 1 rings (SSSR count). The number of anilines is 2. The van der Waals surface area contributed by atoms with Gasteiger partial charge in [-0.1, -0.05) is 19.4 Å². The summed E-state index contributed by atoms with van der Waals surface area (Å²) in [6, 6.07) is 8.08. The van der Waals surface area contributed by atoms with Crippen molar-refractivity contribution in [1.82, 2.24) is 5.43 Å². The van der Waals surface area contributed by atoms with Crippen LogP contribution >= 0.6 is 0 Å². The Bertz CT molecular complexity index is 387. The molecule has 0 aliphatic heterocycles. The molecule has 0 aliphatic carbocycles. The van der Waals surface area contributed by atoms with Crippen molar-refractivity contribution in [3.63, 3.8) is 0 Å². The monoisotopic (exact) mass is 249 g/mol. The number of aliphatic imine (C=N–C) groups is 1. The zero-order valence-electron chi connectivity index (χ0n) is 11.4. The largest absolute Gasteiger partial charge is 0.378 e. The molecular formula is C13H23N5. The number of hydrogen-bond acceptors (Lipinski definition) is 3. The van der Waals surface area contributed by atoms with Crippen LogP contribution in [0.3, 0.4) is 0 Å². The molecule has 0 radical (unpaired) electrons. The van der Waals surface area contributed by atoms with Crippen LogP contribution < -0.4 is 21.5 Å². The molecule has 0 atom stereocenters. The average Bonchev–Trinajstić information content (AvgIpc) is 2.38. The van der Waals surface area contributed by atoms with E-state index in [-0.39, 0.29) is 0 Å². The van der Waals surface area contributed by atoms with Gasteiger partial charge in [0, 0.05) is 32.0 Å². The van der Waals surface area contributed by atoms with Crippen LogP contribution in [-0.4, -0.2) is 26.6 Å². The average molecular weight is 249 g/mol. The van der Waals surface area contributed by atoms with Gasteiger partial charge in [0.15, 0.2) is 0 Å². The number of guanidine groups is 1. The van der Waals surface area contributed by atoms with Crippen molar-refractivity contribution in [1.29, 1.82) is 0 Å². The second kappa shape index (κ2) is 7.55. The summed E-state index contributed by atoms with van der Waals surface area (Å²) < 4.78 is 0. The third-order valence-corrected chi connectivity index (χ3v) is 2.54. The molecule has 0 fully saturated rings. The van der Waals surface area contributed by atoms with Crippen LogP contribution in [-0.2, 0) is 0 Å². The molecule has 5 heteroatoms. The number of nitrogens with two attached hydrogens (primary N) is 1. The fraction of sp³-hybridized carbons (Fsp3) is 0.462. The number of nitrogens with one attached hydrogen (secondary N) is 2. The lowest BCUT2D eigenvalue weighted by Crippen LogP contribution is -2.36. The smallest absolute Gasteiger partial charge is 0.210 e. The first-order valence-corrected chi connectivity index (χ1v) is 6.23. The Morgan fingerprint density at radius 2 is 2.17 bits per heavy atom. The van der Waals surface area contributed by atoms with E-state index in [1.165, 1.54) is 0 Å². The van der Waals surface area contributed by atoms with E-state index in [1.807, 2.05) is 32.3 Å². The van der Waals surface area contributed by atoms with Crippen LogP contribution in [0.15, 0.2) is 29.3 Å². The predicted molar refractivity (Wildman–Crippen MR) is 78.9 cm³/mol. The highest BCUT2D eigenvalue weighted by Gasteiger charge is 2.00. The fourth-order valence-corrected chi connectivity index (χ4v) is 1.47. The molecule has 0 unspecified atom stereocenters. The first-order chi connectivity index (χ1) is 8.67. The summed E-state index contributed by atoms with van der Waals surface area (Å²) in [5.41, 5.74) is 4.68. The molecule has 0 spiro atoms. The summed E-state index contributed by atoms with van der Waals surface area (Å²) in [5, 5.41) is 3.17. The van der Waals surface area contributed by atoms with Gasteiger partial charge in [0.25, 0.3) is 0 Å². The van der Waals surface area contributed by atoms with Gasteiger partial charge < -0.3 is 10.2 Å². The van der Waals surface area contributed by atoms with Crippen LogP contribution in [0.2, 0.25) is 0 Å². The number of benzene rings is 1. The lowest BCUT2D eigenvalue weighted by molar-refractivity contribution is 0.801. The minimum atomic E-state index is 0.597. The highest BCUT2D eigenvalue weighted by Crippen LogP contribution is 2.16. The Labute approximate surface area is 109 Å². The van der Waals surface area contributed by atoms with Gasteiger partial charge in [-0.3, -0.25) is 10.4 Å². The van der Waals surface area contributed by atoms with Crippen LogP contribution in [0.1, 0.15) is 19.8 Å². The first-order valence-electron chi connectivity index (χ1n) is 6.23. The minimum Gasteiger partial charge on any atom is -0.378 e. The van der Waals surface area contributed by atoms with Crippen LogP contribution in [0, 0.1) is 0 Å². The van der Waals surface area contributed by atoms with E-state index in [4.69, 9.17) is 5.84 Å². The molecule has 0 aliphatic rings. The number of hydrogen-bond donors (Lipinski definition) is 3. The van der Waals surface area contributed by atoms with Crippen molar-refractivity contribution in [2.75, 3.05) is 30.9 Å². The van der Waals surface area contributed by atoms with Crippen molar-refractivity contribution < 1.29 is 0 Å². The standard InChI is InChI=1S/C13H23N5/c1-4-5-9-15-13(17-14)16-11-7-6-8-12(10-11)18(2)3/h6-8,10H,4-5,9,14H2,1-3H3,(H2,15,16,17). The first kappa shape index (κ1) is 14.3. The lowest BCUT2D eigenvalue weighted by atomic mass is 10.2. The van der Waals surface area contributed by atoms with Crippen molar-refractivity contribution in [2.45, 2.75) is 19.8 Å². The highest BCUT2D eigenvalue weighted by molar-refractivity contribution is 5.93. The number of nitrogens with zero attached hydrogens (tertiary/aromatic N) is 2. The summed E-state index contributed by atoms with van der Waals surface area (Å²) in [7, 11) is 4.02. The Hall–Kier alpha value is -1.75. The second-order valence-electron chi connectivity index (χ2n) is 4.30. The lowest BCUT2D eigenvalue weighted by Gasteiger charge is -2.15. The van der Waals surface area contributed by atoms with Gasteiger partial charge in [0.05, 0.1) is 0 Å². The predicted octanol–water partition coefficient (Wildman–Crippen LogP) is 1.78. The van der Waals surface area contributed by atoms with E-state index < -0.39 is 0 Å². The minimum absolute atomic E-state index is 0.597. The SMILES string of the molecule is CCCCN=C(NN)Nc1cccc(N(C)C)c1. The van der Waals surface area contributed by atoms with Gasteiger partial charge >= 0.3 is 0 Å². The van der Waals surface area contributed by atoms with Crippen LogP contribution in [0.5, 0.6) is 0 Å². The van der Waals surface area contributed by atoms with E-state index in [9.17, 15) is 0 Å². The van der Waals surface area contributed by atoms with Gasteiger partial charge in [-0.2, -0.15) is 0 Å². The molecule has 100 valence electrons. The summed E-state index contributed by atoms with van der Waals surface area (Å²) in [6.07, 6.45) is 2.18. The van der Waals surface area contributed by atoms with Crippen molar-refractivity contribution in [2.24, 2.45) is 10.8 Å². The third kappa shape index (κ3) is 4.63. The Morgan fingerprint density at radius 1 is 1.39 bits per heavy atom. The van der Waals surface area contributed by atoms with E-state index in [2.05, 4.69) is 33.6 Å². The molecule has 1 aromatic carbocycles. The highest BCUT2D eigenvalue weighted by atomic mass is 15.3. The van der Waals surface area contributed by atoms with Crippen LogP contribution in [0.25, 0.3) is 0 Å². The molecule has 0 saturated carbocycles. The number of rotatable bonds is 5. The summed E-state index contributed by atoms with van der Waals surface area (Å²) in [5.74, 6) is 6.04. The Morgan fingerprint density at radius 3 is 2.78 bits per heavy atom. The zero-order valence-corrected chi connectivity index (χ0v) is 11.4. The molecular weight excluding hydrogens is 226 g/mol. The second-order valence-corrected chi connectivity index (χ2v) is 4.30. The zero-order chi connectivity index (χ0) is 13.4. The number of unbranched alkanes of at least 4 members (excludes halogenated alkanes) is 1. The Kier molecular flexibility index (Phi) is 6.00.